The van der Waals surface area contributed by atoms with Crippen molar-refractivity contribution in [1.29, 1.82) is 0 Å². The summed E-state index contributed by atoms with van der Waals surface area (Å²) in [7, 11) is 0. The number of rotatable bonds is 3. The van der Waals surface area contributed by atoms with Gasteiger partial charge < -0.3 is 11.1 Å². The van der Waals surface area contributed by atoms with Gasteiger partial charge in [0.2, 0.25) is 5.91 Å². The Kier molecular flexibility index (Phi) is 4.22. The van der Waals surface area contributed by atoms with Crippen LogP contribution in [0.4, 0.5) is 0 Å². The lowest BCUT2D eigenvalue weighted by molar-refractivity contribution is 0.100. The van der Waals surface area contributed by atoms with Crippen molar-refractivity contribution < 1.29 is 4.79 Å². The normalized spacial score (nSPS) is 20.9. The predicted molar refractivity (Wildman–Crippen MR) is 72.7 cm³/mol. The predicted octanol–water partition coefficient (Wildman–Crippen LogP) is 1.23. The standard InChI is InChI=1S/C13H18ClN3O/c1-9-7-17(5-4-16-9)8-11-3-2-10(13(15)18)6-12(11)14/h2-3,6,9,16H,4-5,7-8H2,1H3,(H2,15,18). The average molecular weight is 268 g/mol. The highest BCUT2D eigenvalue weighted by atomic mass is 35.5. The molecular formula is C13H18ClN3O. The molecule has 0 aliphatic carbocycles. The molecule has 1 unspecified atom stereocenters. The molecule has 0 spiro atoms. The van der Waals surface area contributed by atoms with Gasteiger partial charge in [-0.2, -0.15) is 0 Å². The van der Waals surface area contributed by atoms with Crippen LogP contribution in [-0.2, 0) is 6.54 Å². The van der Waals surface area contributed by atoms with Crippen molar-refractivity contribution in [3.63, 3.8) is 0 Å². The van der Waals surface area contributed by atoms with E-state index in [1.54, 1.807) is 12.1 Å². The summed E-state index contributed by atoms with van der Waals surface area (Å²) in [6, 6.07) is 5.76. The molecule has 1 aromatic rings. The molecule has 18 heavy (non-hydrogen) atoms. The third kappa shape index (κ3) is 3.22. The van der Waals surface area contributed by atoms with Crippen LogP contribution in [0.25, 0.3) is 0 Å². The molecule has 3 N–H and O–H groups in total. The molecule has 0 saturated carbocycles. The largest absolute Gasteiger partial charge is 0.366 e. The highest BCUT2D eigenvalue weighted by molar-refractivity contribution is 6.31. The van der Waals surface area contributed by atoms with E-state index in [1.165, 1.54) is 0 Å². The van der Waals surface area contributed by atoms with Crippen molar-refractivity contribution >= 4 is 17.5 Å². The summed E-state index contributed by atoms with van der Waals surface area (Å²) in [5, 5.41) is 4.01. The maximum absolute atomic E-state index is 11.0. The molecule has 1 heterocycles. The molecule has 1 atom stereocenters. The molecule has 1 amide bonds. The number of nitrogens with zero attached hydrogens (tertiary/aromatic N) is 1. The lowest BCUT2D eigenvalue weighted by Crippen LogP contribution is -2.48. The minimum Gasteiger partial charge on any atom is -0.366 e. The summed E-state index contributed by atoms with van der Waals surface area (Å²) in [6.07, 6.45) is 0. The number of nitrogens with two attached hydrogens (primary N) is 1. The van der Waals surface area contributed by atoms with E-state index >= 15 is 0 Å². The molecule has 2 rings (SSSR count). The topological polar surface area (TPSA) is 58.4 Å². The van der Waals surface area contributed by atoms with E-state index in [2.05, 4.69) is 17.1 Å². The summed E-state index contributed by atoms with van der Waals surface area (Å²) in [4.78, 5) is 13.4. The zero-order valence-electron chi connectivity index (χ0n) is 10.4. The molecule has 1 aromatic carbocycles. The number of nitrogens with one attached hydrogen (secondary N) is 1. The Morgan fingerprint density at radius 3 is 3.00 bits per heavy atom. The van der Waals surface area contributed by atoms with E-state index < -0.39 is 5.91 Å². The zero-order chi connectivity index (χ0) is 13.1. The molecule has 4 nitrogen and oxygen atoms in total. The average Bonchev–Trinajstić information content (AvgIpc) is 2.31. The van der Waals surface area contributed by atoms with Gasteiger partial charge in [0, 0.05) is 42.8 Å². The summed E-state index contributed by atoms with van der Waals surface area (Å²) >= 11 is 6.18. The van der Waals surface area contributed by atoms with Gasteiger partial charge in [-0.3, -0.25) is 9.69 Å². The Balaban J connectivity index is 2.07. The molecule has 5 heteroatoms. The number of primary amides is 1. The minimum atomic E-state index is -0.445. The first-order chi connectivity index (χ1) is 8.56. The number of amides is 1. The molecule has 98 valence electrons. The Bertz CT molecular complexity index is 450. The van der Waals surface area contributed by atoms with Crippen molar-refractivity contribution in [3.8, 4) is 0 Å². The monoisotopic (exact) mass is 267 g/mol. The van der Waals surface area contributed by atoms with Gasteiger partial charge >= 0.3 is 0 Å². The number of benzene rings is 1. The molecule has 1 fully saturated rings. The molecule has 1 aliphatic rings. The second-order valence-corrected chi connectivity index (χ2v) is 5.17. The fourth-order valence-electron chi connectivity index (χ4n) is 2.23. The van der Waals surface area contributed by atoms with Crippen LogP contribution < -0.4 is 11.1 Å². The van der Waals surface area contributed by atoms with Gasteiger partial charge in [-0.25, -0.2) is 0 Å². The number of carbonyl (C=O) groups excluding carboxylic acids is 1. The summed E-state index contributed by atoms with van der Waals surface area (Å²) < 4.78 is 0. The summed E-state index contributed by atoms with van der Waals surface area (Å²) in [5.74, 6) is -0.445. The van der Waals surface area contributed by atoms with Crippen LogP contribution >= 0.6 is 11.6 Å². The SMILES string of the molecule is CC1CN(Cc2ccc(C(N)=O)cc2Cl)CCN1. The molecule has 0 radical (unpaired) electrons. The van der Waals surface area contributed by atoms with E-state index in [0.29, 0.717) is 16.6 Å². The third-order valence-electron chi connectivity index (χ3n) is 3.18. The van der Waals surface area contributed by atoms with Gasteiger partial charge in [0.1, 0.15) is 0 Å². The maximum atomic E-state index is 11.0. The number of halogens is 1. The number of hydrogen-bond acceptors (Lipinski definition) is 3. The Morgan fingerprint density at radius 1 is 1.61 bits per heavy atom. The zero-order valence-corrected chi connectivity index (χ0v) is 11.2. The van der Waals surface area contributed by atoms with Crippen molar-refractivity contribution in [3.05, 3.63) is 34.3 Å². The van der Waals surface area contributed by atoms with Gasteiger partial charge in [-0.1, -0.05) is 17.7 Å². The van der Waals surface area contributed by atoms with E-state index in [1.807, 2.05) is 6.07 Å². The van der Waals surface area contributed by atoms with Gasteiger partial charge in [0.25, 0.3) is 0 Å². The third-order valence-corrected chi connectivity index (χ3v) is 3.54. The van der Waals surface area contributed by atoms with Crippen LogP contribution in [0.1, 0.15) is 22.8 Å². The molecular weight excluding hydrogens is 250 g/mol. The highest BCUT2D eigenvalue weighted by Gasteiger charge is 2.16. The molecule has 1 saturated heterocycles. The summed E-state index contributed by atoms with van der Waals surface area (Å²) in [5.41, 5.74) is 6.71. The fraction of sp³-hybridized carbons (Fsp3) is 0.462. The minimum absolute atomic E-state index is 0.445. The van der Waals surface area contributed by atoms with E-state index in [4.69, 9.17) is 17.3 Å². The van der Waals surface area contributed by atoms with Crippen molar-refractivity contribution in [2.45, 2.75) is 19.5 Å². The summed E-state index contributed by atoms with van der Waals surface area (Å²) in [6.45, 7) is 6.00. The van der Waals surface area contributed by atoms with Crippen LogP contribution in [0.5, 0.6) is 0 Å². The van der Waals surface area contributed by atoms with Crippen molar-refractivity contribution in [2.75, 3.05) is 19.6 Å². The Morgan fingerprint density at radius 2 is 2.39 bits per heavy atom. The molecule has 0 aromatic heterocycles. The van der Waals surface area contributed by atoms with Gasteiger partial charge in [0.05, 0.1) is 0 Å². The smallest absolute Gasteiger partial charge is 0.248 e. The lowest BCUT2D eigenvalue weighted by atomic mass is 10.1. The highest BCUT2D eigenvalue weighted by Crippen LogP contribution is 2.20. The van der Waals surface area contributed by atoms with E-state index in [0.717, 1.165) is 31.7 Å². The van der Waals surface area contributed by atoms with Crippen molar-refractivity contribution in [1.82, 2.24) is 10.2 Å². The van der Waals surface area contributed by atoms with Gasteiger partial charge in [-0.05, 0) is 24.6 Å². The Hall–Kier alpha value is -1.10. The quantitative estimate of drug-likeness (QED) is 0.866. The van der Waals surface area contributed by atoms with Crippen LogP contribution in [0.2, 0.25) is 5.02 Å². The van der Waals surface area contributed by atoms with Crippen LogP contribution in [0.15, 0.2) is 18.2 Å². The number of hydrogen-bond donors (Lipinski definition) is 2. The Labute approximate surface area is 112 Å². The van der Waals surface area contributed by atoms with Crippen molar-refractivity contribution in [2.24, 2.45) is 5.73 Å². The fourth-order valence-corrected chi connectivity index (χ4v) is 2.47. The number of piperazine rings is 1. The molecule has 0 bridgehead atoms. The van der Waals surface area contributed by atoms with Crippen LogP contribution in [-0.4, -0.2) is 36.5 Å². The van der Waals surface area contributed by atoms with Crippen LogP contribution in [0.3, 0.4) is 0 Å². The van der Waals surface area contributed by atoms with E-state index in [-0.39, 0.29) is 0 Å². The number of carbonyl (C=O) groups is 1. The van der Waals surface area contributed by atoms with Crippen LogP contribution in [0, 0.1) is 0 Å². The van der Waals surface area contributed by atoms with Gasteiger partial charge in [-0.15, -0.1) is 0 Å². The maximum Gasteiger partial charge on any atom is 0.248 e. The van der Waals surface area contributed by atoms with Gasteiger partial charge in [0.15, 0.2) is 0 Å². The first-order valence-corrected chi connectivity index (χ1v) is 6.48. The second kappa shape index (κ2) is 5.69. The molecule has 1 aliphatic heterocycles. The lowest BCUT2D eigenvalue weighted by Gasteiger charge is -2.32. The van der Waals surface area contributed by atoms with E-state index in [9.17, 15) is 4.79 Å². The first-order valence-electron chi connectivity index (χ1n) is 6.10. The second-order valence-electron chi connectivity index (χ2n) is 4.76. The first kappa shape index (κ1) is 13.3.